The van der Waals surface area contributed by atoms with Crippen LogP contribution in [0.5, 0.6) is 0 Å². The molecule has 0 aromatic carbocycles. The van der Waals surface area contributed by atoms with Crippen molar-refractivity contribution in [1.29, 1.82) is 0 Å². The lowest BCUT2D eigenvalue weighted by molar-refractivity contribution is 0.297. The molecule has 0 radical (unpaired) electrons. The Bertz CT molecular complexity index is 103. The van der Waals surface area contributed by atoms with E-state index in [-0.39, 0.29) is 0 Å². The van der Waals surface area contributed by atoms with Gasteiger partial charge in [0.05, 0.1) is 0 Å². The number of hydrogen-bond donors (Lipinski definition) is 1. The molecule has 60 valence electrons. The van der Waals surface area contributed by atoms with Crippen molar-refractivity contribution in [3.8, 4) is 0 Å². The lowest BCUT2D eigenvalue weighted by atomic mass is 10.1. The molecule has 1 unspecified atom stereocenters. The van der Waals surface area contributed by atoms with E-state index in [4.69, 9.17) is 5.84 Å². The topological polar surface area (TPSA) is 32.5 Å². The van der Waals surface area contributed by atoms with Crippen LogP contribution in [0.15, 0.2) is 0 Å². The van der Waals surface area contributed by atoms with E-state index in [2.05, 4.69) is 19.0 Å². The normalized spacial score (nSPS) is 28.2. The number of rotatable bonds is 2. The highest BCUT2D eigenvalue weighted by Gasteiger charge is 2.19. The first-order valence-corrected chi connectivity index (χ1v) is 3.83. The molecule has 1 aliphatic rings. The van der Waals surface area contributed by atoms with Crippen LogP contribution in [0.25, 0.3) is 0 Å². The van der Waals surface area contributed by atoms with Crippen LogP contribution in [0.3, 0.4) is 0 Å². The smallest absolute Gasteiger partial charge is 0.0169 e. The minimum absolute atomic E-state index is 0.792. The standard InChI is InChI=1S/C7H17N3/c1-9(2)5-7-3-4-10(8)6-7/h7H,3-6,8H2,1-2H3. The zero-order valence-electron chi connectivity index (χ0n) is 6.88. The molecule has 1 saturated heterocycles. The highest BCUT2D eigenvalue weighted by atomic mass is 15.4. The average Bonchev–Trinajstić information content (AvgIpc) is 2.13. The molecule has 0 aromatic heterocycles. The van der Waals surface area contributed by atoms with Gasteiger partial charge in [-0.2, -0.15) is 0 Å². The third-order valence-electron chi connectivity index (χ3n) is 1.94. The van der Waals surface area contributed by atoms with Crippen LogP contribution in [-0.4, -0.2) is 43.6 Å². The Morgan fingerprint density at radius 1 is 1.60 bits per heavy atom. The lowest BCUT2D eigenvalue weighted by Gasteiger charge is -2.15. The highest BCUT2D eigenvalue weighted by Crippen LogP contribution is 2.12. The van der Waals surface area contributed by atoms with E-state index < -0.39 is 0 Å². The highest BCUT2D eigenvalue weighted by molar-refractivity contribution is 4.73. The van der Waals surface area contributed by atoms with Crippen molar-refractivity contribution in [2.45, 2.75) is 6.42 Å². The molecular weight excluding hydrogens is 126 g/mol. The Morgan fingerprint density at radius 2 is 2.30 bits per heavy atom. The van der Waals surface area contributed by atoms with E-state index >= 15 is 0 Å². The van der Waals surface area contributed by atoms with Crippen LogP contribution in [0, 0.1) is 5.92 Å². The molecule has 3 heteroatoms. The summed E-state index contributed by atoms with van der Waals surface area (Å²) in [6.45, 7) is 3.31. The second-order valence-corrected chi connectivity index (χ2v) is 3.41. The summed E-state index contributed by atoms with van der Waals surface area (Å²) >= 11 is 0. The number of hydrazine groups is 1. The van der Waals surface area contributed by atoms with Crippen molar-refractivity contribution < 1.29 is 0 Å². The van der Waals surface area contributed by atoms with Crippen molar-refractivity contribution >= 4 is 0 Å². The molecule has 3 nitrogen and oxygen atoms in total. The largest absolute Gasteiger partial charge is 0.309 e. The molecule has 0 bridgehead atoms. The summed E-state index contributed by atoms with van der Waals surface area (Å²) in [6.07, 6.45) is 1.26. The minimum Gasteiger partial charge on any atom is -0.309 e. The SMILES string of the molecule is CN(C)CC1CCN(N)C1. The Balaban J connectivity index is 2.18. The fraction of sp³-hybridized carbons (Fsp3) is 1.00. The van der Waals surface area contributed by atoms with Crippen molar-refractivity contribution in [2.24, 2.45) is 11.8 Å². The van der Waals surface area contributed by atoms with Gasteiger partial charge in [0.1, 0.15) is 0 Å². The van der Waals surface area contributed by atoms with Gasteiger partial charge in [-0.15, -0.1) is 0 Å². The van der Waals surface area contributed by atoms with Gasteiger partial charge in [-0.3, -0.25) is 5.84 Å². The first-order chi connectivity index (χ1) is 4.68. The fourth-order valence-electron chi connectivity index (χ4n) is 1.53. The summed E-state index contributed by atoms with van der Waals surface area (Å²) in [7, 11) is 4.22. The molecule has 1 aliphatic heterocycles. The van der Waals surface area contributed by atoms with Gasteiger partial charge in [0.15, 0.2) is 0 Å². The minimum atomic E-state index is 0.792. The van der Waals surface area contributed by atoms with E-state index in [1.807, 2.05) is 5.01 Å². The third kappa shape index (κ3) is 2.25. The van der Waals surface area contributed by atoms with Gasteiger partial charge in [-0.1, -0.05) is 0 Å². The molecule has 10 heavy (non-hydrogen) atoms. The van der Waals surface area contributed by atoms with Crippen LogP contribution in [0.4, 0.5) is 0 Å². The number of nitrogens with two attached hydrogens (primary N) is 1. The second kappa shape index (κ2) is 3.32. The maximum Gasteiger partial charge on any atom is 0.0169 e. The molecule has 0 amide bonds. The van der Waals surface area contributed by atoms with Crippen LogP contribution in [-0.2, 0) is 0 Å². The van der Waals surface area contributed by atoms with Gasteiger partial charge in [-0.25, -0.2) is 5.01 Å². The van der Waals surface area contributed by atoms with Crippen LogP contribution in [0.2, 0.25) is 0 Å². The Kier molecular flexibility index (Phi) is 2.65. The predicted molar refractivity (Wildman–Crippen MR) is 42.4 cm³/mol. The molecular formula is C7H17N3. The fourth-order valence-corrected chi connectivity index (χ4v) is 1.53. The van der Waals surface area contributed by atoms with E-state index in [1.165, 1.54) is 13.0 Å². The van der Waals surface area contributed by atoms with Crippen molar-refractivity contribution in [3.63, 3.8) is 0 Å². The molecule has 0 spiro atoms. The van der Waals surface area contributed by atoms with E-state index in [0.717, 1.165) is 19.0 Å². The summed E-state index contributed by atoms with van der Waals surface area (Å²) < 4.78 is 0. The van der Waals surface area contributed by atoms with Crippen LogP contribution >= 0.6 is 0 Å². The van der Waals surface area contributed by atoms with Gasteiger partial charge < -0.3 is 4.90 Å². The Morgan fingerprint density at radius 3 is 2.70 bits per heavy atom. The van der Waals surface area contributed by atoms with Gasteiger partial charge >= 0.3 is 0 Å². The quantitative estimate of drug-likeness (QED) is 0.541. The molecule has 1 rings (SSSR count). The molecule has 1 atom stereocenters. The van der Waals surface area contributed by atoms with Crippen molar-refractivity contribution in [3.05, 3.63) is 0 Å². The van der Waals surface area contributed by atoms with E-state index in [1.54, 1.807) is 0 Å². The van der Waals surface area contributed by atoms with Crippen LogP contribution < -0.4 is 5.84 Å². The summed E-state index contributed by atoms with van der Waals surface area (Å²) in [4.78, 5) is 2.23. The first-order valence-electron chi connectivity index (χ1n) is 3.83. The first kappa shape index (κ1) is 7.98. The van der Waals surface area contributed by atoms with Gasteiger partial charge in [0.25, 0.3) is 0 Å². The van der Waals surface area contributed by atoms with E-state index in [0.29, 0.717) is 0 Å². The average molecular weight is 143 g/mol. The Labute approximate surface area is 62.8 Å². The van der Waals surface area contributed by atoms with E-state index in [9.17, 15) is 0 Å². The summed E-state index contributed by atoms with van der Waals surface area (Å²) in [5, 5.41) is 1.91. The third-order valence-corrected chi connectivity index (χ3v) is 1.94. The molecule has 0 aromatic rings. The maximum absolute atomic E-state index is 5.62. The van der Waals surface area contributed by atoms with Crippen molar-refractivity contribution in [2.75, 3.05) is 33.7 Å². The zero-order chi connectivity index (χ0) is 7.56. The molecule has 1 fully saturated rings. The molecule has 2 N–H and O–H groups in total. The van der Waals surface area contributed by atoms with Gasteiger partial charge in [-0.05, 0) is 26.4 Å². The molecule has 0 saturated carbocycles. The second-order valence-electron chi connectivity index (χ2n) is 3.41. The van der Waals surface area contributed by atoms with Crippen LogP contribution in [0.1, 0.15) is 6.42 Å². The maximum atomic E-state index is 5.62. The molecule has 1 heterocycles. The molecule has 0 aliphatic carbocycles. The number of hydrogen-bond acceptors (Lipinski definition) is 3. The number of nitrogens with zero attached hydrogens (tertiary/aromatic N) is 2. The predicted octanol–water partition coefficient (Wildman–Crippen LogP) is -0.256. The monoisotopic (exact) mass is 143 g/mol. The summed E-state index contributed by atoms with van der Waals surface area (Å²) in [5.41, 5.74) is 0. The summed E-state index contributed by atoms with van der Waals surface area (Å²) in [6, 6.07) is 0. The van der Waals surface area contributed by atoms with Gasteiger partial charge in [0.2, 0.25) is 0 Å². The van der Waals surface area contributed by atoms with Crippen molar-refractivity contribution in [1.82, 2.24) is 9.91 Å². The Hall–Kier alpha value is -0.120. The van der Waals surface area contributed by atoms with Gasteiger partial charge in [0, 0.05) is 19.6 Å². The zero-order valence-corrected chi connectivity index (χ0v) is 6.88. The lowest BCUT2D eigenvalue weighted by Crippen LogP contribution is -2.30. The summed E-state index contributed by atoms with van der Waals surface area (Å²) in [5.74, 6) is 6.41.